The van der Waals surface area contributed by atoms with Gasteiger partial charge in [-0.2, -0.15) is 0 Å². The van der Waals surface area contributed by atoms with Gasteiger partial charge in [-0.3, -0.25) is 0 Å². The van der Waals surface area contributed by atoms with Crippen LogP contribution < -0.4 is 5.32 Å². The Balaban J connectivity index is 1.87. The van der Waals surface area contributed by atoms with Crippen LogP contribution in [0.5, 0.6) is 0 Å². The van der Waals surface area contributed by atoms with Crippen molar-refractivity contribution in [2.75, 3.05) is 5.32 Å². The molecule has 0 spiro atoms. The van der Waals surface area contributed by atoms with Crippen LogP contribution in [0, 0.1) is 23.3 Å². The Hall–Kier alpha value is -2.04. The van der Waals surface area contributed by atoms with E-state index in [2.05, 4.69) is 5.32 Å². The Morgan fingerprint density at radius 2 is 1.65 bits per heavy atom. The number of hydrogen-bond acceptors (Lipinski definition) is 1. The molecular weight excluding hydrogens is 270 g/mol. The van der Waals surface area contributed by atoms with Crippen LogP contribution in [0.15, 0.2) is 30.3 Å². The maximum absolute atomic E-state index is 13.2. The average molecular weight is 281 g/mol. The highest BCUT2D eigenvalue weighted by molar-refractivity contribution is 5.49. The zero-order valence-corrected chi connectivity index (χ0v) is 10.4. The van der Waals surface area contributed by atoms with Gasteiger partial charge in [0.1, 0.15) is 5.82 Å². The summed E-state index contributed by atoms with van der Waals surface area (Å²) in [6.45, 7) is 0. The van der Waals surface area contributed by atoms with E-state index < -0.39 is 17.5 Å². The highest BCUT2D eigenvalue weighted by Gasteiger charge is 2.23. The fourth-order valence-corrected chi connectivity index (χ4v) is 2.58. The van der Waals surface area contributed by atoms with Crippen molar-refractivity contribution >= 4 is 5.69 Å². The predicted octanol–water partition coefficient (Wildman–Crippen LogP) is 4.34. The van der Waals surface area contributed by atoms with Gasteiger partial charge in [0.05, 0.1) is 6.04 Å². The second-order valence-electron chi connectivity index (χ2n) is 4.83. The van der Waals surface area contributed by atoms with Crippen LogP contribution in [0.25, 0.3) is 0 Å². The SMILES string of the molecule is Fc1ccc2c(c1)CCC2Nc1cc(F)c(F)c(F)c1. The number of anilines is 1. The molecular formula is C15H11F4N. The first-order valence-corrected chi connectivity index (χ1v) is 6.24. The highest BCUT2D eigenvalue weighted by atomic mass is 19.2. The highest BCUT2D eigenvalue weighted by Crippen LogP contribution is 2.34. The van der Waals surface area contributed by atoms with E-state index >= 15 is 0 Å². The number of fused-ring (bicyclic) bond motifs is 1. The first-order valence-electron chi connectivity index (χ1n) is 6.24. The van der Waals surface area contributed by atoms with Gasteiger partial charge in [0.15, 0.2) is 17.5 Å². The molecule has 0 saturated carbocycles. The smallest absolute Gasteiger partial charge is 0.194 e. The van der Waals surface area contributed by atoms with Crippen LogP contribution >= 0.6 is 0 Å². The lowest BCUT2D eigenvalue weighted by Gasteiger charge is -2.16. The molecule has 1 aliphatic carbocycles. The summed E-state index contributed by atoms with van der Waals surface area (Å²) in [7, 11) is 0. The molecule has 0 heterocycles. The zero-order valence-electron chi connectivity index (χ0n) is 10.4. The van der Waals surface area contributed by atoms with E-state index in [0.29, 0.717) is 12.8 Å². The molecule has 2 aromatic carbocycles. The van der Waals surface area contributed by atoms with Crippen LogP contribution in [0.3, 0.4) is 0 Å². The van der Waals surface area contributed by atoms with E-state index in [-0.39, 0.29) is 17.5 Å². The summed E-state index contributed by atoms with van der Waals surface area (Å²) in [5.74, 6) is -4.25. The molecule has 20 heavy (non-hydrogen) atoms. The Bertz CT molecular complexity index is 646. The molecule has 0 radical (unpaired) electrons. The van der Waals surface area contributed by atoms with Gasteiger partial charge in [-0.25, -0.2) is 17.6 Å². The molecule has 1 unspecified atom stereocenters. The number of halogens is 4. The first-order chi connectivity index (χ1) is 9.54. The summed E-state index contributed by atoms with van der Waals surface area (Å²) in [5, 5.41) is 2.96. The van der Waals surface area contributed by atoms with E-state index in [1.54, 1.807) is 6.07 Å². The first kappa shape index (κ1) is 13.0. The molecule has 0 bridgehead atoms. The second kappa shape index (κ2) is 4.81. The number of benzene rings is 2. The van der Waals surface area contributed by atoms with Crippen molar-refractivity contribution in [1.82, 2.24) is 0 Å². The summed E-state index contributed by atoms with van der Waals surface area (Å²) in [6, 6.07) is 6.15. The fraction of sp³-hybridized carbons (Fsp3) is 0.200. The quantitative estimate of drug-likeness (QED) is 0.637. The van der Waals surface area contributed by atoms with Crippen molar-refractivity contribution in [2.24, 2.45) is 0 Å². The van der Waals surface area contributed by atoms with E-state index in [1.807, 2.05) is 0 Å². The minimum absolute atomic E-state index is 0.158. The third kappa shape index (κ3) is 2.24. The molecule has 1 N–H and O–H groups in total. The molecule has 2 aromatic rings. The largest absolute Gasteiger partial charge is 0.378 e. The lowest BCUT2D eigenvalue weighted by molar-refractivity contribution is 0.447. The lowest BCUT2D eigenvalue weighted by atomic mass is 10.1. The van der Waals surface area contributed by atoms with Crippen LogP contribution in [0.4, 0.5) is 23.2 Å². The minimum Gasteiger partial charge on any atom is -0.378 e. The van der Waals surface area contributed by atoms with Crippen molar-refractivity contribution in [3.05, 3.63) is 64.7 Å². The Morgan fingerprint density at radius 1 is 0.950 bits per heavy atom. The number of hydrogen-bond donors (Lipinski definition) is 1. The predicted molar refractivity (Wildman–Crippen MR) is 67.4 cm³/mol. The van der Waals surface area contributed by atoms with Crippen molar-refractivity contribution in [3.63, 3.8) is 0 Å². The van der Waals surface area contributed by atoms with E-state index in [9.17, 15) is 17.6 Å². The van der Waals surface area contributed by atoms with Gasteiger partial charge in [0, 0.05) is 17.8 Å². The lowest BCUT2D eigenvalue weighted by Crippen LogP contribution is -2.08. The zero-order chi connectivity index (χ0) is 14.3. The van der Waals surface area contributed by atoms with E-state index in [1.165, 1.54) is 12.1 Å². The van der Waals surface area contributed by atoms with Gasteiger partial charge in [-0.05, 0) is 36.1 Å². The van der Waals surface area contributed by atoms with Crippen molar-refractivity contribution < 1.29 is 17.6 Å². The number of aryl methyl sites for hydroxylation is 1. The molecule has 3 rings (SSSR count). The fourth-order valence-electron chi connectivity index (χ4n) is 2.58. The molecule has 0 amide bonds. The van der Waals surface area contributed by atoms with Crippen molar-refractivity contribution in [2.45, 2.75) is 18.9 Å². The van der Waals surface area contributed by atoms with Gasteiger partial charge in [-0.1, -0.05) is 6.07 Å². The Morgan fingerprint density at radius 3 is 2.35 bits per heavy atom. The Labute approximate surface area is 113 Å². The second-order valence-corrected chi connectivity index (χ2v) is 4.83. The molecule has 1 nitrogen and oxygen atoms in total. The maximum Gasteiger partial charge on any atom is 0.194 e. The summed E-state index contributed by atoms with van der Waals surface area (Å²) in [6.07, 6.45) is 1.39. The van der Waals surface area contributed by atoms with Gasteiger partial charge in [0.25, 0.3) is 0 Å². The molecule has 5 heteroatoms. The summed E-state index contributed by atoms with van der Waals surface area (Å²) in [4.78, 5) is 0. The topological polar surface area (TPSA) is 12.0 Å². The third-order valence-corrected chi connectivity index (χ3v) is 3.51. The Kier molecular flexibility index (Phi) is 3.12. The molecule has 0 fully saturated rings. The van der Waals surface area contributed by atoms with Gasteiger partial charge < -0.3 is 5.32 Å². The normalized spacial score (nSPS) is 17.1. The number of nitrogens with one attached hydrogen (secondary N) is 1. The van der Waals surface area contributed by atoms with E-state index in [0.717, 1.165) is 23.3 Å². The standard InChI is InChI=1S/C15H11F4N/c16-9-2-3-11-8(5-9)1-4-14(11)20-10-6-12(17)15(19)13(18)7-10/h2-3,5-7,14,20H,1,4H2. The van der Waals surface area contributed by atoms with Crippen molar-refractivity contribution in [3.8, 4) is 0 Å². The monoisotopic (exact) mass is 281 g/mol. The summed E-state index contributed by atoms with van der Waals surface area (Å²) >= 11 is 0. The van der Waals surface area contributed by atoms with Gasteiger partial charge >= 0.3 is 0 Å². The van der Waals surface area contributed by atoms with E-state index in [4.69, 9.17) is 0 Å². The van der Waals surface area contributed by atoms with Gasteiger partial charge in [-0.15, -0.1) is 0 Å². The van der Waals surface area contributed by atoms with Gasteiger partial charge in [0.2, 0.25) is 0 Å². The average Bonchev–Trinajstić information content (AvgIpc) is 2.78. The van der Waals surface area contributed by atoms with Crippen LogP contribution in [0.2, 0.25) is 0 Å². The third-order valence-electron chi connectivity index (χ3n) is 3.51. The van der Waals surface area contributed by atoms with Crippen LogP contribution in [-0.4, -0.2) is 0 Å². The summed E-state index contributed by atoms with van der Waals surface area (Å²) < 4.78 is 52.3. The maximum atomic E-state index is 13.2. The molecule has 104 valence electrons. The van der Waals surface area contributed by atoms with Crippen LogP contribution in [-0.2, 0) is 6.42 Å². The van der Waals surface area contributed by atoms with Crippen LogP contribution in [0.1, 0.15) is 23.6 Å². The molecule has 0 aliphatic heterocycles. The minimum atomic E-state index is -1.48. The number of rotatable bonds is 2. The van der Waals surface area contributed by atoms with Crippen molar-refractivity contribution in [1.29, 1.82) is 0 Å². The summed E-state index contributed by atoms with van der Waals surface area (Å²) in [5.41, 5.74) is 1.95. The molecule has 0 aromatic heterocycles. The molecule has 0 saturated heterocycles. The molecule has 1 atom stereocenters. The molecule has 1 aliphatic rings.